The predicted molar refractivity (Wildman–Crippen MR) is 293 cm³/mol. The monoisotopic (exact) mass is 951 g/mol. The third-order valence-corrected chi connectivity index (χ3v) is 12.8. The van der Waals surface area contributed by atoms with Crippen molar-refractivity contribution in [1.82, 2.24) is 0 Å². The van der Waals surface area contributed by atoms with Crippen molar-refractivity contribution >= 4 is 17.9 Å². The third kappa shape index (κ3) is 54.1. The van der Waals surface area contributed by atoms with E-state index < -0.39 is 6.10 Å². The van der Waals surface area contributed by atoms with Gasteiger partial charge < -0.3 is 14.2 Å². The number of carbonyl (C=O) groups excluding carboxylic acids is 3. The average Bonchev–Trinajstić information content (AvgIpc) is 3.34. The predicted octanol–water partition coefficient (Wildman–Crippen LogP) is 19.6. The molecule has 0 saturated heterocycles. The first-order valence-electron chi connectivity index (χ1n) is 29.3. The smallest absolute Gasteiger partial charge is 0.306 e. The van der Waals surface area contributed by atoms with Crippen LogP contribution in [0.3, 0.4) is 0 Å². The van der Waals surface area contributed by atoms with Gasteiger partial charge in [0.1, 0.15) is 13.2 Å². The first-order valence-corrected chi connectivity index (χ1v) is 29.3. The quantitative estimate of drug-likeness (QED) is 0.0262. The lowest BCUT2D eigenvalue weighted by Crippen LogP contribution is -2.30. The highest BCUT2D eigenvalue weighted by Gasteiger charge is 2.19. The van der Waals surface area contributed by atoms with Crippen molar-refractivity contribution in [3.8, 4) is 0 Å². The molecule has 0 aromatic carbocycles. The molecule has 6 nitrogen and oxygen atoms in total. The lowest BCUT2D eigenvalue weighted by Gasteiger charge is -2.18. The van der Waals surface area contributed by atoms with Crippen molar-refractivity contribution in [3.05, 3.63) is 60.8 Å². The van der Waals surface area contributed by atoms with Crippen LogP contribution in [0.15, 0.2) is 60.8 Å². The zero-order valence-electron chi connectivity index (χ0n) is 45.1. The van der Waals surface area contributed by atoms with Crippen LogP contribution in [-0.2, 0) is 28.6 Å². The number of hydrogen-bond donors (Lipinski definition) is 0. The van der Waals surface area contributed by atoms with E-state index >= 15 is 0 Å². The highest BCUT2D eigenvalue weighted by atomic mass is 16.6. The first kappa shape index (κ1) is 65.1. The van der Waals surface area contributed by atoms with Gasteiger partial charge in [0.05, 0.1) is 0 Å². The molecule has 0 fully saturated rings. The van der Waals surface area contributed by atoms with E-state index in [0.29, 0.717) is 19.3 Å². The number of rotatable bonds is 53. The SMILES string of the molecule is CC/C=C/C/C=C/C/C=C/C/C=C/C/C=C/CCCCCC(=O)OC[C@@H](COC(=O)CCCCCCCCCCCCCCCC)OC(=O)CCCCCCCCCCCCCCCCCCC. The van der Waals surface area contributed by atoms with Crippen LogP contribution in [0.5, 0.6) is 0 Å². The van der Waals surface area contributed by atoms with Gasteiger partial charge in [-0.3, -0.25) is 14.4 Å². The van der Waals surface area contributed by atoms with Gasteiger partial charge in [-0.1, -0.05) is 274 Å². The minimum atomic E-state index is -0.784. The second-order valence-electron chi connectivity index (χ2n) is 19.5. The van der Waals surface area contributed by atoms with Crippen LogP contribution in [0, 0.1) is 0 Å². The number of esters is 3. The molecule has 0 aromatic heterocycles. The molecular formula is C62H110O6. The van der Waals surface area contributed by atoms with E-state index in [2.05, 4.69) is 81.5 Å². The normalized spacial score (nSPS) is 12.5. The lowest BCUT2D eigenvalue weighted by molar-refractivity contribution is -0.167. The summed E-state index contributed by atoms with van der Waals surface area (Å²) in [6.45, 7) is 6.54. The third-order valence-electron chi connectivity index (χ3n) is 12.8. The van der Waals surface area contributed by atoms with Crippen molar-refractivity contribution in [2.45, 2.75) is 303 Å². The second-order valence-corrected chi connectivity index (χ2v) is 19.5. The molecule has 6 heteroatoms. The number of carbonyl (C=O) groups is 3. The van der Waals surface area contributed by atoms with Gasteiger partial charge >= 0.3 is 17.9 Å². The highest BCUT2D eigenvalue weighted by Crippen LogP contribution is 2.17. The zero-order chi connectivity index (χ0) is 49.3. The molecule has 0 amide bonds. The summed E-state index contributed by atoms with van der Waals surface area (Å²) in [6.07, 6.45) is 70.7. The summed E-state index contributed by atoms with van der Waals surface area (Å²) in [7, 11) is 0. The summed E-state index contributed by atoms with van der Waals surface area (Å²) in [5.41, 5.74) is 0. The van der Waals surface area contributed by atoms with Crippen LogP contribution in [0.2, 0.25) is 0 Å². The number of ether oxygens (including phenoxy) is 3. The topological polar surface area (TPSA) is 78.9 Å². The van der Waals surface area contributed by atoms with Gasteiger partial charge in [-0.15, -0.1) is 0 Å². The van der Waals surface area contributed by atoms with Gasteiger partial charge in [0.15, 0.2) is 6.10 Å². The largest absolute Gasteiger partial charge is 0.462 e. The molecule has 0 spiro atoms. The van der Waals surface area contributed by atoms with Gasteiger partial charge in [-0.2, -0.15) is 0 Å². The van der Waals surface area contributed by atoms with Gasteiger partial charge in [0.25, 0.3) is 0 Å². The summed E-state index contributed by atoms with van der Waals surface area (Å²) < 4.78 is 16.9. The second kappa shape index (κ2) is 56.7. The fourth-order valence-electron chi connectivity index (χ4n) is 8.41. The lowest BCUT2D eigenvalue weighted by atomic mass is 10.0. The maximum absolute atomic E-state index is 12.9. The van der Waals surface area contributed by atoms with Gasteiger partial charge in [-0.05, 0) is 64.2 Å². The van der Waals surface area contributed by atoms with E-state index in [9.17, 15) is 14.4 Å². The molecule has 0 aliphatic rings. The maximum Gasteiger partial charge on any atom is 0.306 e. The first-order chi connectivity index (χ1) is 33.5. The fourth-order valence-corrected chi connectivity index (χ4v) is 8.41. The standard InChI is InChI=1S/C62H110O6/c1-4-7-10-13-16-19-22-25-28-30-31-33-34-37-40-43-46-49-52-55-61(64)67-58-59(57-66-60(63)54-51-48-45-42-39-36-27-24-21-18-15-12-9-6-3)68-62(65)56-53-50-47-44-41-38-35-32-29-26-23-20-17-14-11-8-5-2/h7,10,16,19,25,28,31,33,37,40,59H,4-6,8-9,11-15,17-18,20-24,26-27,29-30,32,34-36,38-39,41-58H2,1-3H3/b10-7+,19-16+,28-25+,33-31+,40-37+/t59-/m1/s1. The molecule has 0 N–H and O–H groups in total. The van der Waals surface area contributed by atoms with Crippen molar-refractivity contribution < 1.29 is 28.6 Å². The minimum Gasteiger partial charge on any atom is -0.462 e. The van der Waals surface area contributed by atoms with Crippen molar-refractivity contribution in [2.75, 3.05) is 13.2 Å². The van der Waals surface area contributed by atoms with E-state index in [1.54, 1.807) is 0 Å². The molecule has 394 valence electrons. The summed E-state index contributed by atoms with van der Waals surface area (Å²) >= 11 is 0. The fraction of sp³-hybridized carbons (Fsp3) is 0.790. The van der Waals surface area contributed by atoms with Crippen LogP contribution in [0.25, 0.3) is 0 Å². The van der Waals surface area contributed by atoms with Crippen molar-refractivity contribution in [3.63, 3.8) is 0 Å². The van der Waals surface area contributed by atoms with Crippen LogP contribution < -0.4 is 0 Å². The summed E-state index contributed by atoms with van der Waals surface area (Å²) in [5.74, 6) is -0.898. The molecule has 68 heavy (non-hydrogen) atoms. The number of unbranched alkanes of at least 4 members (excludes halogenated alkanes) is 32. The average molecular weight is 952 g/mol. The van der Waals surface area contributed by atoms with Crippen LogP contribution >= 0.6 is 0 Å². The molecule has 0 aliphatic heterocycles. The molecule has 0 rings (SSSR count). The molecule has 0 aromatic rings. The highest BCUT2D eigenvalue weighted by molar-refractivity contribution is 5.71. The Balaban J connectivity index is 4.40. The van der Waals surface area contributed by atoms with E-state index in [1.807, 2.05) is 0 Å². The summed E-state index contributed by atoms with van der Waals surface area (Å²) in [5, 5.41) is 0. The Morgan fingerprint density at radius 2 is 0.574 bits per heavy atom. The van der Waals surface area contributed by atoms with E-state index in [0.717, 1.165) is 96.3 Å². The molecule has 0 radical (unpaired) electrons. The molecule has 0 bridgehead atoms. The molecule has 0 heterocycles. The molecule has 1 atom stereocenters. The Kier molecular flexibility index (Phi) is 54.3. The van der Waals surface area contributed by atoms with Crippen molar-refractivity contribution in [2.24, 2.45) is 0 Å². The maximum atomic E-state index is 12.9. The minimum absolute atomic E-state index is 0.0806. The Bertz CT molecular complexity index is 1230. The molecular weight excluding hydrogens is 841 g/mol. The summed E-state index contributed by atoms with van der Waals surface area (Å²) in [6, 6.07) is 0. The van der Waals surface area contributed by atoms with Gasteiger partial charge in [-0.25, -0.2) is 0 Å². The van der Waals surface area contributed by atoms with Gasteiger partial charge in [0, 0.05) is 19.3 Å². The van der Waals surface area contributed by atoms with Crippen LogP contribution in [0.4, 0.5) is 0 Å². The Morgan fingerprint density at radius 3 is 0.897 bits per heavy atom. The Hall–Kier alpha value is -2.89. The number of allylic oxidation sites excluding steroid dienone is 10. The van der Waals surface area contributed by atoms with Crippen LogP contribution in [0.1, 0.15) is 297 Å². The van der Waals surface area contributed by atoms with E-state index in [-0.39, 0.29) is 31.1 Å². The molecule has 0 aliphatic carbocycles. The van der Waals surface area contributed by atoms with Crippen LogP contribution in [-0.4, -0.2) is 37.2 Å². The molecule has 0 saturated carbocycles. The van der Waals surface area contributed by atoms with E-state index in [1.165, 1.54) is 161 Å². The van der Waals surface area contributed by atoms with E-state index in [4.69, 9.17) is 14.2 Å². The number of hydrogen-bond acceptors (Lipinski definition) is 6. The van der Waals surface area contributed by atoms with Gasteiger partial charge in [0.2, 0.25) is 0 Å². The van der Waals surface area contributed by atoms with Crippen molar-refractivity contribution in [1.29, 1.82) is 0 Å². The zero-order valence-corrected chi connectivity index (χ0v) is 45.1. The Labute approximate surface area is 421 Å². The Morgan fingerprint density at radius 1 is 0.309 bits per heavy atom. The summed E-state index contributed by atoms with van der Waals surface area (Å²) in [4.78, 5) is 38.2. The molecule has 0 unspecified atom stereocenters.